The number of benzene rings is 1. The van der Waals surface area contributed by atoms with Gasteiger partial charge in [0.1, 0.15) is 0 Å². The number of anilines is 1. The van der Waals surface area contributed by atoms with Gasteiger partial charge in [0.2, 0.25) is 10.0 Å². The number of para-hydroxylation sites is 1. The first-order valence-corrected chi connectivity index (χ1v) is 9.55. The zero-order valence-corrected chi connectivity index (χ0v) is 14.6. The average Bonchev–Trinajstić information content (AvgIpc) is 2.55. The van der Waals surface area contributed by atoms with Crippen molar-refractivity contribution in [2.24, 2.45) is 0 Å². The van der Waals surface area contributed by atoms with Gasteiger partial charge in [-0.3, -0.25) is 9.78 Å². The van der Waals surface area contributed by atoms with Crippen molar-refractivity contribution in [1.82, 2.24) is 9.29 Å². The largest absolute Gasteiger partial charge is 0.321 e. The van der Waals surface area contributed by atoms with E-state index >= 15 is 0 Å². The fourth-order valence-corrected chi connectivity index (χ4v) is 3.68. The summed E-state index contributed by atoms with van der Waals surface area (Å²) in [5.74, 6) is -0.305. The molecule has 3 rings (SSSR count). The van der Waals surface area contributed by atoms with Gasteiger partial charge in [0, 0.05) is 25.5 Å². The van der Waals surface area contributed by atoms with Gasteiger partial charge >= 0.3 is 0 Å². The molecule has 0 saturated heterocycles. The molecule has 1 aromatic carbocycles. The van der Waals surface area contributed by atoms with Crippen molar-refractivity contribution in [3.05, 3.63) is 58.4 Å². The number of hydrogen-bond acceptors (Lipinski definition) is 4. The molecule has 6 nitrogen and oxygen atoms in total. The van der Waals surface area contributed by atoms with Crippen LogP contribution in [0.15, 0.2) is 36.7 Å². The molecule has 0 fully saturated rings. The zero-order valence-electron chi connectivity index (χ0n) is 13.0. The molecule has 126 valence electrons. The van der Waals surface area contributed by atoms with Crippen molar-refractivity contribution in [3.8, 4) is 0 Å². The van der Waals surface area contributed by atoms with Crippen molar-refractivity contribution in [3.63, 3.8) is 0 Å². The third-order valence-corrected chi connectivity index (χ3v) is 5.52. The van der Waals surface area contributed by atoms with Gasteiger partial charge in [-0.15, -0.1) is 0 Å². The summed E-state index contributed by atoms with van der Waals surface area (Å²) in [7, 11) is -3.27. The Balaban J connectivity index is 1.89. The second kappa shape index (κ2) is 6.51. The van der Waals surface area contributed by atoms with Crippen LogP contribution in [0.4, 0.5) is 5.69 Å². The molecule has 0 saturated carbocycles. The third-order valence-electron chi connectivity index (χ3n) is 3.94. The maximum absolute atomic E-state index is 12.6. The average molecular weight is 366 g/mol. The summed E-state index contributed by atoms with van der Waals surface area (Å²) in [5, 5.41) is 3.23. The lowest BCUT2D eigenvalue weighted by molar-refractivity contribution is 0.102. The maximum atomic E-state index is 12.6. The number of fused-ring (bicyclic) bond motifs is 1. The van der Waals surface area contributed by atoms with Gasteiger partial charge in [-0.25, -0.2) is 8.42 Å². The van der Waals surface area contributed by atoms with E-state index in [2.05, 4.69) is 10.3 Å². The first-order valence-electron chi connectivity index (χ1n) is 7.33. The predicted molar refractivity (Wildman–Crippen MR) is 92.6 cm³/mol. The molecule has 0 unspecified atom stereocenters. The van der Waals surface area contributed by atoms with Crippen LogP contribution < -0.4 is 5.32 Å². The summed E-state index contributed by atoms with van der Waals surface area (Å²) in [6.07, 6.45) is 4.76. The minimum absolute atomic E-state index is 0.231. The van der Waals surface area contributed by atoms with Crippen LogP contribution in [-0.2, 0) is 23.0 Å². The number of rotatable bonds is 3. The quantitative estimate of drug-likeness (QED) is 0.905. The van der Waals surface area contributed by atoms with Crippen molar-refractivity contribution in [2.45, 2.75) is 13.0 Å². The summed E-state index contributed by atoms with van der Waals surface area (Å²) in [6.45, 7) is 0.580. The lowest BCUT2D eigenvalue weighted by Gasteiger charge is -2.27. The number of halogens is 1. The Kier molecular flexibility index (Phi) is 4.58. The molecule has 1 amide bonds. The van der Waals surface area contributed by atoms with E-state index in [-0.39, 0.29) is 12.5 Å². The molecule has 0 bridgehead atoms. The molecule has 8 heteroatoms. The topological polar surface area (TPSA) is 79.4 Å². The molecule has 1 N–H and O–H groups in total. The van der Waals surface area contributed by atoms with Crippen molar-refractivity contribution in [1.29, 1.82) is 0 Å². The molecule has 1 aliphatic heterocycles. The van der Waals surface area contributed by atoms with Crippen molar-refractivity contribution in [2.75, 3.05) is 18.1 Å². The number of aromatic nitrogens is 1. The van der Waals surface area contributed by atoms with Crippen LogP contribution in [0.5, 0.6) is 0 Å². The van der Waals surface area contributed by atoms with Gasteiger partial charge in [-0.2, -0.15) is 4.31 Å². The van der Waals surface area contributed by atoms with E-state index < -0.39 is 10.0 Å². The Morgan fingerprint density at radius 1 is 1.29 bits per heavy atom. The highest BCUT2D eigenvalue weighted by Crippen LogP contribution is 2.25. The Morgan fingerprint density at radius 3 is 2.75 bits per heavy atom. The van der Waals surface area contributed by atoms with E-state index in [0.717, 1.165) is 11.1 Å². The fraction of sp³-hybridized carbons (Fsp3) is 0.250. The second-order valence-electron chi connectivity index (χ2n) is 5.61. The van der Waals surface area contributed by atoms with Gasteiger partial charge in [0.05, 0.1) is 22.5 Å². The SMILES string of the molecule is CS(=O)(=O)N1CCc2c(cncc2C(=O)Nc2ccccc2Cl)C1. The minimum atomic E-state index is -3.27. The van der Waals surface area contributed by atoms with Gasteiger partial charge in [0.25, 0.3) is 5.91 Å². The second-order valence-corrected chi connectivity index (χ2v) is 7.99. The highest BCUT2D eigenvalue weighted by Gasteiger charge is 2.26. The van der Waals surface area contributed by atoms with Crippen LogP contribution in [-0.4, -0.2) is 36.4 Å². The zero-order chi connectivity index (χ0) is 17.3. The Hall–Kier alpha value is -1.96. The molecule has 2 aromatic rings. The maximum Gasteiger partial charge on any atom is 0.257 e. The van der Waals surface area contributed by atoms with Gasteiger partial charge in [-0.1, -0.05) is 23.7 Å². The third kappa shape index (κ3) is 3.43. The highest BCUT2D eigenvalue weighted by molar-refractivity contribution is 7.88. The highest BCUT2D eigenvalue weighted by atomic mass is 35.5. The van der Waals surface area contributed by atoms with Crippen LogP contribution in [0.3, 0.4) is 0 Å². The summed E-state index contributed by atoms with van der Waals surface area (Å²) in [5.41, 5.74) is 2.55. The number of sulfonamides is 1. The summed E-state index contributed by atoms with van der Waals surface area (Å²) < 4.78 is 24.8. The smallest absolute Gasteiger partial charge is 0.257 e. The molecule has 1 aromatic heterocycles. The van der Waals surface area contributed by atoms with Crippen LogP contribution >= 0.6 is 11.6 Å². The van der Waals surface area contributed by atoms with Gasteiger partial charge < -0.3 is 5.32 Å². The predicted octanol–water partition coefficient (Wildman–Crippen LogP) is 2.30. The number of nitrogens with one attached hydrogen (secondary N) is 1. The standard InChI is InChI=1S/C16H16ClN3O3S/c1-24(22,23)20-7-6-12-11(10-20)8-18-9-13(12)16(21)19-15-5-3-2-4-14(15)17/h2-5,8-9H,6-7,10H2,1H3,(H,19,21). The molecular weight excluding hydrogens is 350 g/mol. The molecule has 0 atom stereocenters. The molecule has 24 heavy (non-hydrogen) atoms. The lowest BCUT2D eigenvalue weighted by Crippen LogP contribution is -2.36. The van der Waals surface area contributed by atoms with E-state index in [1.54, 1.807) is 30.5 Å². The summed E-state index contributed by atoms with van der Waals surface area (Å²) in [6, 6.07) is 6.97. The summed E-state index contributed by atoms with van der Waals surface area (Å²) in [4.78, 5) is 16.7. The number of amides is 1. The molecule has 1 aliphatic rings. The van der Waals surface area contributed by atoms with Crippen LogP contribution in [0.2, 0.25) is 5.02 Å². The van der Waals surface area contributed by atoms with E-state index in [0.29, 0.717) is 29.2 Å². The van der Waals surface area contributed by atoms with Crippen LogP contribution in [0, 0.1) is 0 Å². The Morgan fingerprint density at radius 2 is 2.04 bits per heavy atom. The van der Waals surface area contributed by atoms with E-state index in [4.69, 9.17) is 11.6 Å². The van der Waals surface area contributed by atoms with Crippen molar-refractivity contribution < 1.29 is 13.2 Å². The number of pyridine rings is 1. The lowest BCUT2D eigenvalue weighted by atomic mass is 9.98. The monoisotopic (exact) mass is 365 g/mol. The molecule has 0 spiro atoms. The number of nitrogens with zero attached hydrogens (tertiary/aromatic N) is 2. The van der Waals surface area contributed by atoms with Crippen molar-refractivity contribution >= 4 is 33.2 Å². The van der Waals surface area contributed by atoms with Crippen LogP contribution in [0.25, 0.3) is 0 Å². The Bertz CT molecular complexity index is 899. The van der Waals surface area contributed by atoms with E-state index in [1.165, 1.54) is 16.8 Å². The normalized spacial score (nSPS) is 14.9. The number of hydrogen-bond donors (Lipinski definition) is 1. The van der Waals surface area contributed by atoms with E-state index in [9.17, 15) is 13.2 Å². The first kappa shape index (κ1) is 16.9. The first-order chi connectivity index (χ1) is 11.4. The molecular formula is C16H16ClN3O3S. The fourth-order valence-electron chi connectivity index (χ4n) is 2.70. The molecule has 0 radical (unpaired) electrons. The van der Waals surface area contributed by atoms with Crippen LogP contribution in [0.1, 0.15) is 21.5 Å². The van der Waals surface area contributed by atoms with E-state index in [1.807, 2.05) is 0 Å². The number of carbonyl (C=O) groups excluding carboxylic acids is 1. The molecule has 2 heterocycles. The molecule has 0 aliphatic carbocycles. The van der Waals surface area contributed by atoms with Gasteiger partial charge in [0.15, 0.2) is 0 Å². The number of carbonyl (C=O) groups is 1. The minimum Gasteiger partial charge on any atom is -0.321 e. The van der Waals surface area contributed by atoms with Gasteiger partial charge in [-0.05, 0) is 29.7 Å². The Labute approximate surface area is 145 Å². The summed E-state index contributed by atoms with van der Waals surface area (Å²) >= 11 is 6.06.